The summed E-state index contributed by atoms with van der Waals surface area (Å²) in [4.78, 5) is 2.48. The molecule has 0 saturated carbocycles. The summed E-state index contributed by atoms with van der Waals surface area (Å²) in [6, 6.07) is 0.741. The number of nitrogens with one attached hydrogen (secondary N) is 1. The van der Waals surface area contributed by atoms with E-state index < -0.39 is 0 Å². The van der Waals surface area contributed by atoms with Gasteiger partial charge < -0.3 is 10.2 Å². The zero-order valence-corrected chi connectivity index (χ0v) is 8.64. The first-order valence-corrected chi connectivity index (χ1v) is 5.15. The van der Waals surface area contributed by atoms with Crippen molar-refractivity contribution in [3.63, 3.8) is 0 Å². The van der Waals surface area contributed by atoms with E-state index >= 15 is 0 Å². The fraction of sp³-hybridized carbons (Fsp3) is 1.00. The second kappa shape index (κ2) is 4.83. The van der Waals surface area contributed by atoms with E-state index in [-0.39, 0.29) is 0 Å². The predicted molar refractivity (Wildman–Crippen MR) is 53.4 cm³/mol. The largest absolute Gasteiger partial charge is 0.316 e. The van der Waals surface area contributed by atoms with E-state index in [1.807, 2.05) is 0 Å². The van der Waals surface area contributed by atoms with Crippen molar-refractivity contribution in [3.8, 4) is 0 Å². The fourth-order valence-corrected chi connectivity index (χ4v) is 1.77. The molecule has 2 heteroatoms. The van der Waals surface area contributed by atoms with Crippen molar-refractivity contribution in [2.45, 2.75) is 32.7 Å². The van der Waals surface area contributed by atoms with Crippen LogP contribution in [0.1, 0.15) is 26.7 Å². The van der Waals surface area contributed by atoms with Crippen LogP contribution in [0, 0.1) is 5.92 Å². The Morgan fingerprint density at radius 2 is 2.33 bits per heavy atom. The third-order valence-electron chi connectivity index (χ3n) is 3.05. The highest BCUT2D eigenvalue weighted by atomic mass is 15.1. The van der Waals surface area contributed by atoms with Gasteiger partial charge in [-0.05, 0) is 45.8 Å². The lowest BCUT2D eigenvalue weighted by Gasteiger charge is -2.26. The summed E-state index contributed by atoms with van der Waals surface area (Å²) in [5.41, 5.74) is 0. The molecule has 1 rings (SSSR count). The zero-order valence-electron chi connectivity index (χ0n) is 8.64. The van der Waals surface area contributed by atoms with Crippen LogP contribution in [0.15, 0.2) is 0 Å². The number of rotatable bonds is 4. The van der Waals surface area contributed by atoms with Gasteiger partial charge in [0.25, 0.3) is 0 Å². The molecule has 0 radical (unpaired) electrons. The van der Waals surface area contributed by atoms with Gasteiger partial charge in [0.05, 0.1) is 0 Å². The first-order chi connectivity index (χ1) is 5.74. The second-order valence-electron chi connectivity index (χ2n) is 4.06. The van der Waals surface area contributed by atoms with E-state index in [0.717, 1.165) is 12.0 Å². The van der Waals surface area contributed by atoms with Crippen molar-refractivity contribution in [1.82, 2.24) is 10.2 Å². The molecule has 0 aromatic heterocycles. The first-order valence-electron chi connectivity index (χ1n) is 5.15. The summed E-state index contributed by atoms with van der Waals surface area (Å²) in [7, 11) is 2.24. The molecule has 12 heavy (non-hydrogen) atoms. The molecule has 1 heterocycles. The van der Waals surface area contributed by atoms with Gasteiger partial charge >= 0.3 is 0 Å². The van der Waals surface area contributed by atoms with Crippen LogP contribution in [0.2, 0.25) is 0 Å². The molecule has 2 atom stereocenters. The lowest BCUT2D eigenvalue weighted by molar-refractivity contribution is 0.219. The number of nitrogens with zero attached hydrogens (tertiary/aromatic N) is 1. The maximum Gasteiger partial charge on any atom is 0.00613 e. The molecule has 1 N–H and O–H groups in total. The molecular formula is C10H22N2. The van der Waals surface area contributed by atoms with Crippen LogP contribution in [0.3, 0.4) is 0 Å². The maximum atomic E-state index is 3.41. The maximum absolute atomic E-state index is 3.41. The summed E-state index contributed by atoms with van der Waals surface area (Å²) in [5.74, 6) is 0.893. The zero-order chi connectivity index (χ0) is 8.97. The highest BCUT2D eigenvalue weighted by Gasteiger charge is 2.17. The molecular weight excluding hydrogens is 148 g/mol. The third kappa shape index (κ3) is 2.76. The fourth-order valence-electron chi connectivity index (χ4n) is 1.77. The molecule has 2 nitrogen and oxygen atoms in total. The standard InChI is InChI=1S/C10H22N2/c1-4-9(2)12(3)8-10-5-6-11-7-10/h9-11H,4-8H2,1-3H3. The predicted octanol–water partition coefficient (Wildman–Crippen LogP) is 1.33. The topological polar surface area (TPSA) is 15.3 Å². The van der Waals surface area contributed by atoms with Gasteiger partial charge in [0.15, 0.2) is 0 Å². The van der Waals surface area contributed by atoms with Crippen LogP contribution in [-0.2, 0) is 0 Å². The molecule has 0 amide bonds. The first kappa shape index (κ1) is 10.0. The Kier molecular flexibility index (Phi) is 4.02. The summed E-state index contributed by atoms with van der Waals surface area (Å²) in [6.07, 6.45) is 2.62. The second-order valence-corrected chi connectivity index (χ2v) is 4.06. The highest BCUT2D eigenvalue weighted by Crippen LogP contribution is 2.11. The minimum Gasteiger partial charge on any atom is -0.316 e. The van der Waals surface area contributed by atoms with Crippen LogP contribution in [-0.4, -0.2) is 37.6 Å². The molecule has 1 fully saturated rings. The van der Waals surface area contributed by atoms with E-state index in [1.54, 1.807) is 0 Å². The van der Waals surface area contributed by atoms with Crippen LogP contribution < -0.4 is 5.32 Å². The van der Waals surface area contributed by atoms with Crippen molar-refractivity contribution >= 4 is 0 Å². The van der Waals surface area contributed by atoms with Crippen LogP contribution in [0.25, 0.3) is 0 Å². The SMILES string of the molecule is CCC(C)N(C)CC1CCNC1. The number of hydrogen-bond donors (Lipinski definition) is 1. The molecule has 1 aliphatic heterocycles. The van der Waals surface area contributed by atoms with Gasteiger partial charge in [0, 0.05) is 12.6 Å². The molecule has 0 spiro atoms. The van der Waals surface area contributed by atoms with E-state index in [1.165, 1.54) is 32.5 Å². The van der Waals surface area contributed by atoms with Gasteiger partial charge in [0.1, 0.15) is 0 Å². The Morgan fingerprint density at radius 1 is 1.58 bits per heavy atom. The van der Waals surface area contributed by atoms with E-state index in [2.05, 4.69) is 31.1 Å². The molecule has 1 saturated heterocycles. The molecule has 1 aliphatic rings. The lowest BCUT2D eigenvalue weighted by atomic mass is 10.1. The van der Waals surface area contributed by atoms with Gasteiger partial charge in [-0.3, -0.25) is 0 Å². The lowest BCUT2D eigenvalue weighted by Crippen LogP contribution is -2.33. The van der Waals surface area contributed by atoms with E-state index in [4.69, 9.17) is 0 Å². The van der Waals surface area contributed by atoms with Gasteiger partial charge in [-0.1, -0.05) is 6.92 Å². The highest BCUT2D eigenvalue weighted by molar-refractivity contribution is 4.75. The Bertz CT molecular complexity index is 119. The van der Waals surface area contributed by atoms with Crippen LogP contribution in [0.4, 0.5) is 0 Å². The minimum atomic E-state index is 0.741. The van der Waals surface area contributed by atoms with Crippen molar-refractivity contribution in [2.24, 2.45) is 5.92 Å². The monoisotopic (exact) mass is 170 g/mol. The van der Waals surface area contributed by atoms with Crippen LogP contribution >= 0.6 is 0 Å². The van der Waals surface area contributed by atoms with Crippen molar-refractivity contribution < 1.29 is 0 Å². The normalized spacial score (nSPS) is 26.5. The third-order valence-corrected chi connectivity index (χ3v) is 3.05. The molecule has 2 unspecified atom stereocenters. The minimum absolute atomic E-state index is 0.741. The van der Waals surface area contributed by atoms with Crippen molar-refractivity contribution in [2.75, 3.05) is 26.7 Å². The molecule has 72 valence electrons. The Labute approximate surface area is 76.3 Å². The van der Waals surface area contributed by atoms with Gasteiger partial charge in [0.2, 0.25) is 0 Å². The van der Waals surface area contributed by atoms with E-state index in [0.29, 0.717) is 0 Å². The molecule has 0 bridgehead atoms. The summed E-state index contributed by atoms with van der Waals surface area (Å²) in [6.45, 7) is 8.28. The smallest absolute Gasteiger partial charge is 0.00613 e. The quantitative estimate of drug-likeness (QED) is 0.684. The Hall–Kier alpha value is -0.0800. The van der Waals surface area contributed by atoms with Crippen molar-refractivity contribution in [1.29, 1.82) is 0 Å². The van der Waals surface area contributed by atoms with Crippen LogP contribution in [0.5, 0.6) is 0 Å². The van der Waals surface area contributed by atoms with E-state index in [9.17, 15) is 0 Å². The molecule has 0 aromatic rings. The van der Waals surface area contributed by atoms with Crippen molar-refractivity contribution in [3.05, 3.63) is 0 Å². The Balaban J connectivity index is 2.19. The average Bonchev–Trinajstić information content (AvgIpc) is 2.55. The summed E-state index contributed by atoms with van der Waals surface area (Å²) in [5, 5.41) is 3.41. The van der Waals surface area contributed by atoms with Gasteiger partial charge in [-0.15, -0.1) is 0 Å². The number of hydrogen-bond acceptors (Lipinski definition) is 2. The van der Waals surface area contributed by atoms with Gasteiger partial charge in [-0.25, -0.2) is 0 Å². The van der Waals surface area contributed by atoms with Gasteiger partial charge in [-0.2, -0.15) is 0 Å². The summed E-state index contributed by atoms with van der Waals surface area (Å²) >= 11 is 0. The average molecular weight is 170 g/mol. The molecule has 0 aliphatic carbocycles. The molecule has 0 aromatic carbocycles. The summed E-state index contributed by atoms with van der Waals surface area (Å²) < 4.78 is 0. The Morgan fingerprint density at radius 3 is 2.83 bits per heavy atom.